The van der Waals surface area contributed by atoms with Crippen molar-refractivity contribution in [3.63, 3.8) is 0 Å². The van der Waals surface area contributed by atoms with Crippen molar-refractivity contribution in [3.05, 3.63) is 23.8 Å². The van der Waals surface area contributed by atoms with Crippen molar-refractivity contribution in [1.29, 1.82) is 0 Å². The summed E-state index contributed by atoms with van der Waals surface area (Å²) in [5.74, 6) is 0.705. The van der Waals surface area contributed by atoms with Gasteiger partial charge in [0.1, 0.15) is 10.6 Å². The minimum absolute atomic E-state index is 0.153. The number of methoxy groups -OCH3 is 1. The van der Waals surface area contributed by atoms with Crippen LogP contribution in [0.25, 0.3) is 0 Å². The van der Waals surface area contributed by atoms with Gasteiger partial charge in [0.2, 0.25) is 15.9 Å². The molecule has 1 aromatic carbocycles. The van der Waals surface area contributed by atoms with E-state index in [-0.39, 0.29) is 16.7 Å². The van der Waals surface area contributed by atoms with Gasteiger partial charge in [-0.1, -0.05) is 12.5 Å². The van der Waals surface area contributed by atoms with Gasteiger partial charge in [0.15, 0.2) is 0 Å². The zero-order valence-electron chi connectivity index (χ0n) is 14.9. The molecule has 1 amide bonds. The molecular weight excluding hydrogens is 340 g/mol. The van der Waals surface area contributed by atoms with E-state index in [0.29, 0.717) is 38.3 Å². The minimum atomic E-state index is -3.64. The fourth-order valence-corrected chi connectivity index (χ4v) is 5.10. The third-order valence-electron chi connectivity index (χ3n) is 5.16. The van der Waals surface area contributed by atoms with E-state index in [1.807, 2.05) is 17.9 Å². The second-order valence-electron chi connectivity index (χ2n) is 6.87. The minimum Gasteiger partial charge on any atom is -0.495 e. The summed E-state index contributed by atoms with van der Waals surface area (Å²) in [5, 5.41) is 0. The molecule has 2 fully saturated rings. The van der Waals surface area contributed by atoms with E-state index in [1.165, 1.54) is 11.4 Å². The number of hydrogen-bond donors (Lipinski definition) is 0. The third kappa shape index (κ3) is 3.67. The smallest absolute Gasteiger partial charge is 0.246 e. The highest BCUT2D eigenvalue weighted by atomic mass is 32.2. The molecule has 0 aromatic heterocycles. The summed E-state index contributed by atoms with van der Waals surface area (Å²) >= 11 is 0. The second-order valence-corrected chi connectivity index (χ2v) is 8.77. The van der Waals surface area contributed by atoms with E-state index in [1.54, 1.807) is 12.1 Å². The lowest BCUT2D eigenvalue weighted by molar-refractivity contribution is -0.138. The number of benzene rings is 1. The Morgan fingerprint density at radius 3 is 2.52 bits per heavy atom. The number of amides is 1. The first-order valence-electron chi connectivity index (χ1n) is 8.87. The number of carbonyl (C=O) groups excluding carboxylic acids is 1. The van der Waals surface area contributed by atoms with Gasteiger partial charge in [-0.3, -0.25) is 4.79 Å². The molecule has 0 radical (unpaired) electrons. The molecule has 3 rings (SSSR count). The molecule has 138 valence electrons. The second kappa shape index (κ2) is 7.33. The van der Waals surface area contributed by atoms with Gasteiger partial charge in [0.25, 0.3) is 0 Å². The monoisotopic (exact) mass is 366 g/mol. The van der Waals surface area contributed by atoms with Crippen molar-refractivity contribution in [2.45, 2.75) is 37.5 Å². The first kappa shape index (κ1) is 18.2. The van der Waals surface area contributed by atoms with Gasteiger partial charge in [-0.25, -0.2) is 8.42 Å². The fraction of sp³-hybridized carbons (Fsp3) is 0.611. The average Bonchev–Trinajstić information content (AvgIpc) is 2.79. The largest absolute Gasteiger partial charge is 0.495 e. The van der Waals surface area contributed by atoms with Crippen molar-refractivity contribution < 1.29 is 17.9 Å². The molecule has 0 atom stereocenters. The quantitative estimate of drug-likeness (QED) is 0.818. The zero-order valence-corrected chi connectivity index (χ0v) is 15.7. The number of sulfonamides is 1. The Hall–Kier alpha value is -1.60. The highest BCUT2D eigenvalue weighted by molar-refractivity contribution is 7.89. The van der Waals surface area contributed by atoms with Crippen molar-refractivity contribution in [1.82, 2.24) is 9.21 Å². The molecule has 1 saturated heterocycles. The van der Waals surface area contributed by atoms with E-state index in [2.05, 4.69) is 0 Å². The highest BCUT2D eigenvalue weighted by Crippen LogP contribution is 2.30. The highest BCUT2D eigenvalue weighted by Gasteiger charge is 2.33. The third-order valence-corrected chi connectivity index (χ3v) is 7.08. The summed E-state index contributed by atoms with van der Waals surface area (Å²) in [6.45, 7) is 3.71. The summed E-state index contributed by atoms with van der Waals surface area (Å²) in [5.41, 5.74) is 0.871. The van der Waals surface area contributed by atoms with Crippen LogP contribution >= 0.6 is 0 Å². The summed E-state index contributed by atoms with van der Waals surface area (Å²) in [4.78, 5) is 14.5. The molecule has 2 aliphatic rings. The van der Waals surface area contributed by atoms with Crippen LogP contribution in [0.1, 0.15) is 31.2 Å². The first-order chi connectivity index (χ1) is 11.9. The fourth-order valence-electron chi connectivity index (χ4n) is 3.39. The van der Waals surface area contributed by atoms with E-state index in [9.17, 15) is 13.2 Å². The van der Waals surface area contributed by atoms with Crippen LogP contribution in [0, 0.1) is 12.8 Å². The van der Waals surface area contributed by atoms with Gasteiger partial charge < -0.3 is 9.64 Å². The molecule has 6 nitrogen and oxygen atoms in total. The molecule has 0 unspecified atom stereocenters. The lowest BCUT2D eigenvalue weighted by Gasteiger charge is -2.31. The van der Waals surface area contributed by atoms with Gasteiger partial charge in [0, 0.05) is 32.1 Å². The Morgan fingerprint density at radius 2 is 1.88 bits per heavy atom. The van der Waals surface area contributed by atoms with E-state index < -0.39 is 10.0 Å². The van der Waals surface area contributed by atoms with Gasteiger partial charge in [-0.2, -0.15) is 4.31 Å². The van der Waals surface area contributed by atoms with E-state index in [4.69, 9.17) is 4.74 Å². The van der Waals surface area contributed by atoms with Crippen molar-refractivity contribution in [3.8, 4) is 5.75 Å². The number of nitrogens with zero attached hydrogens (tertiary/aromatic N) is 2. The maximum Gasteiger partial charge on any atom is 0.246 e. The predicted molar refractivity (Wildman–Crippen MR) is 95.0 cm³/mol. The van der Waals surface area contributed by atoms with Gasteiger partial charge in [-0.15, -0.1) is 0 Å². The predicted octanol–water partition coefficient (Wildman–Crippen LogP) is 2.03. The molecule has 1 saturated carbocycles. The lowest BCUT2D eigenvalue weighted by Crippen LogP contribution is -2.41. The topological polar surface area (TPSA) is 66.9 Å². The molecule has 0 bridgehead atoms. The SMILES string of the molecule is COc1ccc(C)cc1S(=O)(=O)N1CCCN(C(=O)C2CCC2)CC1. The van der Waals surface area contributed by atoms with E-state index >= 15 is 0 Å². The summed E-state index contributed by atoms with van der Waals surface area (Å²) in [7, 11) is -2.16. The Kier molecular flexibility index (Phi) is 5.34. The molecule has 1 heterocycles. The van der Waals surface area contributed by atoms with Crippen LogP contribution in [-0.2, 0) is 14.8 Å². The standard InChI is InChI=1S/C18H26N2O4S/c1-14-7-8-16(24-2)17(13-14)25(22,23)20-10-4-9-19(11-12-20)18(21)15-5-3-6-15/h7-8,13,15H,3-6,9-12H2,1-2H3. The van der Waals surface area contributed by atoms with Crippen molar-refractivity contribution in [2.75, 3.05) is 33.3 Å². The van der Waals surface area contributed by atoms with Crippen LogP contribution in [0.3, 0.4) is 0 Å². The van der Waals surface area contributed by atoms with Gasteiger partial charge >= 0.3 is 0 Å². The Morgan fingerprint density at radius 1 is 1.12 bits per heavy atom. The molecule has 7 heteroatoms. The van der Waals surface area contributed by atoms with Gasteiger partial charge in [-0.05, 0) is 43.9 Å². The van der Waals surface area contributed by atoms with Crippen LogP contribution < -0.4 is 4.74 Å². The molecule has 1 aliphatic carbocycles. The number of carbonyl (C=O) groups is 1. The number of ether oxygens (including phenoxy) is 1. The zero-order chi connectivity index (χ0) is 18.0. The van der Waals surface area contributed by atoms with E-state index in [0.717, 1.165) is 24.8 Å². The summed E-state index contributed by atoms with van der Waals surface area (Å²) < 4.78 is 32.9. The maximum absolute atomic E-state index is 13.1. The lowest BCUT2D eigenvalue weighted by atomic mass is 9.84. The molecular formula is C18H26N2O4S. The molecule has 0 N–H and O–H groups in total. The summed E-state index contributed by atoms with van der Waals surface area (Å²) in [6.07, 6.45) is 3.72. The normalized spacial score (nSPS) is 20.0. The number of hydrogen-bond acceptors (Lipinski definition) is 4. The summed E-state index contributed by atoms with van der Waals surface area (Å²) in [6, 6.07) is 5.17. The Labute approximate surface area is 149 Å². The molecule has 0 spiro atoms. The molecule has 1 aliphatic heterocycles. The number of rotatable bonds is 4. The van der Waals surface area contributed by atoms with Crippen LogP contribution in [0.2, 0.25) is 0 Å². The maximum atomic E-state index is 13.1. The Bertz CT molecular complexity index is 743. The van der Waals surface area contributed by atoms with Crippen molar-refractivity contribution >= 4 is 15.9 Å². The van der Waals surface area contributed by atoms with Crippen molar-refractivity contribution in [2.24, 2.45) is 5.92 Å². The Balaban J connectivity index is 1.77. The van der Waals surface area contributed by atoms with Crippen LogP contribution in [0.15, 0.2) is 23.1 Å². The van der Waals surface area contributed by atoms with Crippen LogP contribution in [0.4, 0.5) is 0 Å². The first-order valence-corrected chi connectivity index (χ1v) is 10.3. The van der Waals surface area contributed by atoms with Crippen LogP contribution in [0.5, 0.6) is 5.75 Å². The van der Waals surface area contributed by atoms with Gasteiger partial charge in [0.05, 0.1) is 7.11 Å². The molecule has 25 heavy (non-hydrogen) atoms. The number of aryl methyl sites for hydroxylation is 1. The molecule has 1 aromatic rings. The van der Waals surface area contributed by atoms with Crippen LogP contribution in [-0.4, -0.2) is 56.8 Å². The average molecular weight is 366 g/mol.